The first-order chi connectivity index (χ1) is 4.46. The zero-order valence-corrected chi connectivity index (χ0v) is 7.15. The summed E-state index contributed by atoms with van der Waals surface area (Å²) in [5.74, 6) is 0. The molecule has 10 heavy (non-hydrogen) atoms. The molecule has 0 aromatic rings. The van der Waals surface area contributed by atoms with Crippen molar-refractivity contribution in [1.29, 1.82) is 0 Å². The summed E-state index contributed by atoms with van der Waals surface area (Å²) in [5.41, 5.74) is 6.55. The third-order valence-electron chi connectivity index (χ3n) is 2.39. The molecule has 0 saturated heterocycles. The van der Waals surface area contributed by atoms with E-state index in [2.05, 4.69) is 44.6 Å². The molecule has 1 rings (SSSR count). The van der Waals surface area contributed by atoms with Gasteiger partial charge in [0.1, 0.15) is 0 Å². The zero-order valence-electron chi connectivity index (χ0n) is 7.15. The van der Waals surface area contributed by atoms with E-state index in [1.165, 1.54) is 0 Å². The Bertz CT molecular complexity index is 155. The molecular weight excluding hydrogens is 124 g/mol. The Morgan fingerprint density at radius 2 is 1.90 bits per heavy atom. The molecule has 58 valence electrons. The van der Waals surface area contributed by atoms with Gasteiger partial charge in [0.15, 0.2) is 0 Å². The lowest BCUT2D eigenvalue weighted by Crippen LogP contribution is -2.51. The number of hydrogen-bond acceptors (Lipinski definition) is 2. The minimum atomic E-state index is 0.0903. The van der Waals surface area contributed by atoms with Gasteiger partial charge in [0.2, 0.25) is 0 Å². The first-order valence-corrected chi connectivity index (χ1v) is 3.66. The molecule has 0 amide bonds. The predicted molar refractivity (Wildman–Crippen MR) is 43.3 cm³/mol. The standard InChI is InChI=1S/C8H16N2/c1-7(2,3)8(4)5-6-9-10-8/h5-6,9-10H,1-4H3/t8-/m1/s1. The van der Waals surface area contributed by atoms with Gasteiger partial charge in [-0.3, -0.25) is 0 Å². The highest BCUT2D eigenvalue weighted by atomic mass is 15.4. The normalized spacial score (nSPS) is 32.4. The SMILES string of the molecule is CC(C)(C)[C@@]1(C)C=CNN1. The fraction of sp³-hybridized carbons (Fsp3) is 0.750. The van der Waals surface area contributed by atoms with Crippen LogP contribution in [0.4, 0.5) is 0 Å². The van der Waals surface area contributed by atoms with Gasteiger partial charge in [0, 0.05) is 6.20 Å². The summed E-state index contributed by atoms with van der Waals surface area (Å²) >= 11 is 0. The topological polar surface area (TPSA) is 24.1 Å². The summed E-state index contributed by atoms with van der Waals surface area (Å²) < 4.78 is 0. The maximum absolute atomic E-state index is 3.21. The maximum Gasteiger partial charge on any atom is 0.0587 e. The summed E-state index contributed by atoms with van der Waals surface area (Å²) in [7, 11) is 0. The Morgan fingerprint density at radius 1 is 1.30 bits per heavy atom. The van der Waals surface area contributed by atoms with Crippen molar-refractivity contribution >= 4 is 0 Å². The van der Waals surface area contributed by atoms with Crippen molar-refractivity contribution in [3.8, 4) is 0 Å². The Kier molecular flexibility index (Phi) is 1.51. The summed E-state index contributed by atoms with van der Waals surface area (Å²) in [6, 6.07) is 0. The minimum absolute atomic E-state index is 0.0903. The number of nitrogens with one attached hydrogen (secondary N) is 2. The van der Waals surface area contributed by atoms with E-state index in [0.717, 1.165) is 0 Å². The van der Waals surface area contributed by atoms with E-state index in [1.807, 2.05) is 6.20 Å². The molecule has 1 heterocycles. The highest BCUT2D eigenvalue weighted by Crippen LogP contribution is 2.31. The van der Waals surface area contributed by atoms with E-state index in [4.69, 9.17) is 0 Å². The molecule has 0 aromatic carbocycles. The van der Waals surface area contributed by atoms with Gasteiger partial charge in [-0.2, -0.15) is 0 Å². The lowest BCUT2D eigenvalue weighted by Gasteiger charge is -2.36. The first kappa shape index (κ1) is 7.61. The van der Waals surface area contributed by atoms with E-state index in [1.54, 1.807) is 0 Å². The van der Waals surface area contributed by atoms with Crippen LogP contribution >= 0.6 is 0 Å². The molecule has 0 bridgehead atoms. The fourth-order valence-corrected chi connectivity index (χ4v) is 0.879. The van der Waals surface area contributed by atoms with Gasteiger partial charge in [-0.1, -0.05) is 20.8 Å². The maximum atomic E-state index is 3.21. The van der Waals surface area contributed by atoms with E-state index in [0.29, 0.717) is 0 Å². The molecule has 0 radical (unpaired) electrons. The van der Waals surface area contributed by atoms with Gasteiger partial charge in [-0.05, 0) is 18.4 Å². The molecule has 0 spiro atoms. The molecule has 1 aliphatic heterocycles. The Labute approximate surface area is 62.7 Å². The summed E-state index contributed by atoms with van der Waals surface area (Å²) in [6.07, 6.45) is 4.11. The van der Waals surface area contributed by atoms with Crippen molar-refractivity contribution in [3.05, 3.63) is 12.3 Å². The molecule has 0 unspecified atom stereocenters. The number of hydrazine groups is 1. The van der Waals surface area contributed by atoms with Crippen LogP contribution in [0.25, 0.3) is 0 Å². The third kappa shape index (κ3) is 1.03. The molecular formula is C8H16N2. The second kappa shape index (κ2) is 1.99. The van der Waals surface area contributed by atoms with Crippen molar-refractivity contribution in [2.24, 2.45) is 5.41 Å². The van der Waals surface area contributed by atoms with Gasteiger partial charge in [-0.25, -0.2) is 5.43 Å². The Balaban J connectivity index is 2.78. The van der Waals surface area contributed by atoms with E-state index < -0.39 is 0 Å². The fourth-order valence-electron chi connectivity index (χ4n) is 0.879. The van der Waals surface area contributed by atoms with Crippen LogP contribution in [0.2, 0.25) is 0 Å². The second-order valence-electron chi connectivity index (χ2n) is 4.06. The van der Waals surface area contributed by atoms with Crippen LogP contribution in [0, 0.1) is 5.41 Å². The Hall–Kier alpha value is -0.500. The molecule has 0 aliphatic carbocycles. The lowest BCUT2D eigenvalue weighted by atomic mass is 9.76. The summed E-state index contributed by atoms with van der Waals surface area (Å²) in [6.45, 7) is 8.84. The average molecular weight is 140 g/mol. The molecule has 2 nitrogen and oxygen atoms in total. The monoisotopic (exact) mass is 140 g/mol. The third-order valence-corrected chi connectivity index (χ3v) is 2.39. The molecule has 1 atom stereocenters. The predicted octanol–water partition coefficient (Wildman–Crippen LogP) is 1.41. The molecule has 2 N–H and O–H groups in total. The zero-order chi connectivity index (χ0) is 7.83. The van der Waals surface area contributed by atoms with Crippen LogP contribution in [0.3, 0.4) is 0 Å². The minimum Gasteiger partial charge on any atom is -0.328 e. The van der Waals surface area contributed by atoms with Crippen molar-refractivity contribution in [3.63, 3.8) is 0 Å². The highest BCUT2D eigenvalue weighted by Gasteiger charge is 2.36. The van der Waals surface area contributed by atoms with Gasteiger partial charge in [0.05, 0.1) is 5.54 Å². The van der Waals surface area contributed by atoms with Gasteiger partial charge < -0.3 is 5.43 Å². The first-order valence-electron chi connectivity index (χ1n) is 3.66. The van der Waals surface area contributed by atoms with Crippen LogP contribution in [0.1, 0.15) is 27.7 Å². The van der Waals surface area contributed by atoms with E-state index in [9.17, 15) is 0 Å². The molecule has 0 fully saturated rings. The quantitative estimate of drug-likeness (QED) is 0.531. The van der Waals surface area contributed by atoms with Crippen LogP contribution in [-0.4, -0.2) is 5.54 Å². The molecule has 0 aromatic heterocycles. The smallest absolute Gasteiger partial charge is 0.0587 e. The van der Waals surface area contributed by atoms with Crippen molar-refractivity contribution < 1.29 is 0 Å². The molecule has 0 saturated carbocycles. The Morgan fingerprint density at radius 3 is 2.10 bits per heavy atom. The summed E-state index contributed by atoms with van der Waals surface area (Å²) in [5, 5.41) is 0. The average Bonchev–Trinajstić information content (AvgIpc) is 2.13. The lowest BCUT2D eigenvalue weighted by molar-refractivity contribution is 0.210. The van der Waals surface area contributed by atoms with Gasteiger partial charge in [0.25, 0.3) is 0 Å². The number of hydrogen-bond donors (Lipinski definition) is 2. The summed E-state index contributed by atoms with van der Waals surface area (Å²) in [4.78, 5) is 0. The molecule has 1 aliphatic rings. The highest BCUT2D eigenvalue weighted by molar-refractivity contribution is 5.13. The second-order valence-corrected chi connectivity index (χ2v) is 4.06. The van der Waals surface area contributed by atoms with Crippen LogP contribution in [0.5, 0.6) is 0 Å². The van der Waals surface area contributed by atoms with Crippen LogP contribution in [0.15, 0.2) is 12.3 Å². The van der Waals surface area contributed by atoms with Gasteiger partial charge >= 0.3 is 0 Å². The number of rotatable bonds is 0. The van der Waals surface area contributed by atoms with Crippen LogP contribution in [-0.2, 0) is 0 Å². The van der Waals surface area contributed by atoms with Crippen LogP contribution < -0.4 is 10.9 Å². The van der Waals surface area contributed by atoms with E-state index >= 15 is 0 Å². The van der Waals surface area contributed by atoms with Gasteiger partial charge in [-0.15, -0.1) is 0 Å². The van der Waals surface area contributed by atoms with Crippen molar-refractivity contribution in [2.45, 2.75) is 33.2 Å². The largest absolute Gasteiger partial charge is 0.328 e. The van der Waals surface area contributed by atoms with Crippen molar-refractivity contribution in [2.75, 3.05) is 0 Å². The van der Waals surface area contributed by atoms with E-state index in [-0.39, 0.29) is 11.0 Å². The molecule has 2 heteroatoms. The van der Waals surface area contributed by atoms with Crippen molar-refractivity contribution in [1.82, 2.24) is 10.9 Å².